The Labute approximate surface area is 127 Å². The van der Waals surface area contributed by atoms with Crippen LogP contribution in [0.5, 0.6) is 0 Å². The lowest BCUT2D eigenvalue weighted by atomic mass is 9.95. The Morgan fingerprint density at radius 2 is 2.05 bits per heavy atom. The van der Waals surface area contributed by atoms with Crippen molar-refractivity contribution in [2.45, 2.75) is 45.0 Å². The largest absolute Gasteiger partial charge is 0.310 e. The summed E-state index contributed by atoms with van der Waals surface area (Å²) in [4.78, 5) is 4.01. The van der Waals surface area contributed by atoms with Gasteiger partial charge in [0.15, 0.2) is 0 Å². The van der Waals surface area contributed by atoms with Crippen molar-refractivity contribution < 1.29 is 8.42 Å². The molecule has 0 radical (unpaired) electrons. The highest BCUT2D eigenvalue weighted by molar-refractivity contribution is 7.89. The van der Waals surface area contributed by atoms with Gasteiger partial charge in [-0.05, 0) is 43.9 Å². The molecular formula is C15H25N3O2S. The summed E-state index contributed by atoms with van der Waals surface area (Å²) in [6.07, 6.45) is 4.44. The Balaban J connectivity index is 1.90. The summed E-state index contributed by atoms with van der Waals surface area (Å²) in [5.74, 6) is 0.314. The smallest absolute Gasteiger partial charge is 0.216 e. The van der Waals surface area contributed by atoms with Crippen LogP contribution < -0.4 is 5.32 Å². The van der Waals surface area contributed by atoms with Crippen molar-refractivity contribution in [1.29, 1.82) is 0 Å². The van der Waals surface area contributed by atoms with Crippen molar-refractivity contribution in [3.63, 3.8) is 0 Å². The number of sulfonamides is 1. The first-order chi connectivity index (χ1) is 9.91. The third-order valence-electron chi connectivity index (χ3n) is 4.14. The Bertz CT molecular complexity index is 545. The van der Waals surface area contributed by atoms with E-state index in [4.69, 9.17) is 0 Å². The van der Waals surface area contributed by atoms with Crippen LogP contribution in [-0.2, 0) is 16.6 Å². The van der Waals surface area contributed by atoms with Gasteiger partial charge in [0.1, 0.15) is 0 Å². The summed E-state index contributed by atoms with van der Waals surface area (Å²) < 4.78 is 26.1. The molecule has 0 spiro atoms. The minimum absolute atomic E-state index is 0.314. The second kappa shape index (κ2) is 6.85. The van der Waals surface area contributed by atoms with Gasteiger partial charge in [-0.2, -0.15) is 0 Å². The fourth-order valence-electron chi connectivity index (χ4n) is 2.69. The van der Waals surface area contributed by atoms with Crippen molar-refractivity contribution >= 4 is 10.0 Å². The van der Waals surface area contributed by atoms with Crippen molar-refractivity contribution in [2.75, 3.05) is 13.1 Å². The van der Waals surface area contributed by atoms with Gasteiger partial charge in [0.05, 0.1) is 5.25 Å². The molecule has 0 unspecified atom stereocenters. The van der Waals surface area contributed by atoms with Gasteiger partial charge < -0.3 is 5.32 Å². The molecular weight excluding hydrogens is 286 g/mol. The van der Waals surface area contributed by atoms with E-state index < -0.39 is 10.0 Å². The predicted molar refractivity (Wildman–Crippen MR) is 84.3 cm³/mol. The predicted octanol–water partition coefficient (Wildman–Crippen LogP) is 1.62. The fourth-order valence-corrected chi connectivity index (χ4v) is 4.09. The lowest BCUT2D eigenvalue weighted by Gasteiger charge is -2.37. The number of nitrogens with one attached hydrogen (secondary N) is 1. The van der Waals surface area contributed by atoms with Crippen LogP contribution in [0.15, 0.2) is 24.5 Å². The highest BCUT2D eigenvalue weighted by atomic mass is 32.2. The molecule has 2 atom stereocenters. The first kappa shape index (κ1) is 16.4. The monoisotopic (exact) mass is 311 g/mol. The van der Waals surface area contributed by atoms with Crippen LogP contribution in [0.4, 0.5) is 0 Å². The van der Waals surface area contributed by atoms with Gasteiger partial charge in [-0.25, -0.2) is 12.7 Å². The SMILES string of the molecule is CC(C)S(=O)(=O)N1CC[C@H](NCc2ccncc2)[C@@H](C)C1. The van der Waals surface area contributed by atoms with Gasteiger partial charge in [0, 0.05) is 38.1 Å². The molecule has 1 N–H and O–H groups in total. The highest BCUT2D eigenvalue weighted by Crippen LogP contribution is 2.21. The topological polar surface area (TPSA) is 62.3 Å². The molecule has 2 rings (SSSR count). The molecule has 1 saturated heterocycles. The van der Waals surface area contributed by atoms with Crippen LogP contribution >= 0.6 is 0 Å². The number of nitrogens with zero attached hydrogens (tertiary/aromatic N) is 2. The molecule has 1 fully saturated rings. The first-order valence-corrected chi connectivity index (χ1v) is 9.03. The van der Waals surface area contributed by atoms with Crippen LogP contribution in [0.25, 0.3) is 0 Å². The van der Waals surface area contributed by atoms with Gasteiger partial charge in [0.25, 0.3) is 0 Å². The van der Waals surface area contributed by atoms with Gasteiger partial charge in [-0.15, -0.1) is 0 Å². The van der Waals surface area contributed by atoms with E-state index in [1.54, 1.807) is 30.5 Å². The standard InChI is InChI=1S/C15H25N3O2S/c1-12(2)21(19,20)18-9-6-15(13(3)11-18)17-10-14-4-7-16-8-5-14/h4-5,7-8,12-13,15,17H,6,9-11H2,1-3H3/t13-,15-/m0/s1. The Kier molecular flexibility index (Phi) is 5.35. The fraction of sp³-hybridized carbons (Fsp3) is 0.667. The molecule has 0 saturated carbocycles. The first-order valence-electron chi connectivity index (χ1n) is 7.52. The number of hydrogen-bond acceptors (Lipinski definition) is 4. The Morgan fingerprint density at radius 1 is 1.38 bits per heavy atom. The number of hydrogen-bond donors (Lipinski definition) is 1. The molecule has 0 bridgehead atoms. The van der Waals surface area contributed by atoms with E-state index in [2.05, 4.69) is 17.2 Å². The molecule has 1 aliphatic heterocycles. The van der Waals surface area contributed by atoms with Crippen LogP contribution in [0.1, 0.15) is 32.8 Å². The zero-order chi connectivity index (χ0) is 15.5. The third kappa shape index (κ3) is 4.02. The van der Waals surface area contributed by atoms with Gasteiger partial charge in [0.2, 0.25) is 10.0 Å². The molecule has 0 aliphatic carbocycles. The maximum absolute atomic E-state index is 12.2. The molecule has 118 valence electrons. The number of aromatic nitrogens is 1. The average molecular weight is 311 g/mol. The van der Waals surface area contributed by atoms with E-state index in [0.717, 1.165) is 13.0 Å². The van der Waals surface area contributed by atoms with Gasteiger partial charge in [-0.1, -0.05) is 6.92 Å². The normalized spacial score (nSPS) is 24.4. The maximum Gasteiger partial charge on any atom is 0.216 e. The van der Waals surface area contributed by atoms with Crippen molar-refractivity contribution in [2.24, 2.45) is 5.92 Å². The molecule has 0 aromatic carbocycles. The maximum atomic E-state index is 12.2. The minimum atomic E-state index is -3.13. The Hall–Kier alpha value is -0.980. The van der Waals surface area contributed by atoms with E-state index in [1.807, 2.05) is 12.1 Å². The van der Waals surface area contributed by atoms with E-state index >= 15 is 0 Å². The van der Waals surface area contributed by atoms with Crippen molar-refractivity contribution in [1.82, 2.24) is 14.6 Å². The summed E-state index contributed by atoms with van der Waals surface area (Å²) in [6.45, 7) is 7.62. The van der Waals surface area contributed by atoms with Crippen LogP contribution in [0, 0.1) is 5.92 Å². The van der Waals surface area contributed by atoms with Gasteiger partial charge >= 0.3 is 0 Å². The van der Waals surface area contributed by atoms with Crippen LogP contribution in [-0.4, -0.2) is 42.1 Å². The summed E-state index contributed by atoms with van der Waals surface area (Å²) in [6, 6.07) is 4.35. The molecule has 5 nitrogen and oxygen atoms in total. The minimum Gasteiger partial charge on any atom is -0.310 e. The number of piperidine rings is 1. The molecule has 2 heterocycles. The second-order valence-corrected chi connectivity index (χ2v) is 8.55. The molecule has 6 heteroatoms. The lowest BCUT2D eigenvalue weighted by molar-refractivity contribution is 0.218. The number of pyridine rings is 1. The Morgan fingerprint density at radius 3 is 2.62 bits per heavy atom. The van der Waals surface area contributed by atoms with Crippen LogP contribution in [0.3, 0.4) is 0 Å². The zero-order valence-corrected chi connectivity index (χ0v) is 13.8. The summed E-state index contributed by atoms with van der Waals surface area (Å²) in [5.41, 5.74) is 1.20. The van der Waals surface area contributed by atoms with E-state index in [0.29, 0.717) is 25.0 Å². The molecule has 0 amide bonds. The molecule has 1 aromatic rings. The summed E-state index contributed by atoms with van der Waals surface area (Å²) >= 11 is 0. The average Bonchev–Trinajstić information content (AvgIpc) is 2.46. The van der Waals surface area contributed by atoms with Crippen molar-refractivity contribution in [3.8, 4) is 0 Å². The van der Waals surface area contributed by atoms with E-state index in [9.17, 15) is 8.42 Å². The summed E-state index contributed by atoms with van der Waals surface area (Å²) in [5, 5.41) is 3.20. The van der Waals surface area contributed by atoms with E-state index in [-0.39, 0.29) is 5.25 Å². The molecule has 1 aromatic heterocycles. The van der Waals surface area contributed by atoms with E-state index in [1.165, 1.54) is 5.56 Å². The quantitative estimate of drug-likeness (QED) is 0.897. The van der Waals surface area contributed by atoms with Crippen molar-refractivity contribution in [3.05, 3.63) is 30.1 Å². The number of rotatable bonds is 5. The summed E-state index contributed by atoms with van der Waals surface area (Å²) in [7, 11) is -3.13. The second-order valence-electron chi connectivity index (χ2n) is 6.06. The zero-order valence-electron chi connectivity index (χ0n) is 13.0. The molecule has 21 heavy (non-hydrogen) atoms. The lowest BCUT2D eigenvalue weighted by Crippen LogP contribution is -2.51. The third-order valence-corrected chi connectivity index (χ3v) is 6.38. The van der Waals surface area contributed by atoms with Gasteiger partial charge in [-0.3, -0.25) is 4.98 Å². The molecule has 1 aliphatic rings. The van der Waals surface area contributed by atoms with Crippen LogP contribution in [0.2, 0.25) is 0 Å². The highest BCUT2D eigenvalue weighted by Gasteiger charge is 2.33.